The predicted molar refractivity (Wildman–Crippen MR) is 140 cm³/mol. The maximum atomic E-state index is 14.1. The Bertz CT molecular complexity index is 1420. The fourth-order valence-electron chi connectivity index (χ4n) is 4.78. The van der Waals surface area contributed by atoms with Gasteiger partial charge >= 0.3 is 0 Å². The van der Waals surface area contributed by atoms with Crippen molar-refractivity contribution in [3.8, 4) is 11.7 Å². The number of ether oxygens (including phenoxy) is 2. The van der Waals surface area contributed by atoms with Crippen molar-refractivity contribution in [3.63, 3.8) is 0 Å². The number of benzene rings is 2. The van der Waals surface area contributed by atoms with Gasteiger partial charge in [-0.2, -0.15) is 15.0 Å². The van der Waals surface area contributed by atoms with Crippen molar-refractivity contribution in [2.75, 3.05) is 49.2 Å². The highest BCUT2D eigenvalue weighted by atomic mass is 35.5. The van der Waals surface area contributed by atoms with Gasteiger partial charge in [-0.25, -0.2) is 13.8 Å². The second kappa shape index (κ2) is 10.7. The lowest BCUT2D eigenvalue weighted by Gasteiger charge is -2.33. The van der Waals surface area contributed by atoms with Gasteiger partial charge < -0.3 is 19.3 Å². The molecule has 2 aromatic carbocycles. The third-order valence-electron chi connectivity index (χ3n) is 6.73. The number of hydrogen-bond donors (Lipinski definition) is 0. The van der Waals surface area contributed by atoms with Crippen molar-refractivity contribution in [1.29, 1.82) is 0 Å². The molecule has 0 amide bonds. The topological polar surface area (TPSA) is 81.4 Å². The van der Waals surface area contributed by atoms with Crippen LogP contribution in [0.4, 0.5) is 20.7 Å². The van der Waals surface area contributed by atoms with Gasteiger partial charge in [-0.15, -0.1) is 0 Å². The van der Waals surface area contributed by atoms with Crippen LogP contribution in [0.25, 0.3) is 17.0 Å². The monoisotopic (exact) mass is 541 g/mol. The number of alkyl halides is 2. The maximum absolute atomic E-state index is 14.1. The van der Waals surface area contributed by atoms with Crippen molar-refractivity contribution in [2.24, 2.45) is 0 Å². The number of morpholine rings is 1. The van der Waals surface area contributed by atoms with Crippen LogP contribution in [-0.4, -0.2) is 70.0 Å². The molecular weight excluding hydrogens is 516 g/mol. The van der Waals surface area contributed by atoms with Crippen LogP contribution in [0.15, 0.2) is 48.5 Å². The molecule has 9 nitrogen and oxygen atoms in total. The number of piperidine rings is 1. The lowest BCUT2D eigenvalue weighted by atomic mass is 10.1. The van der Waals surface area contributed by atoms with E-state index in [1.807, 2.05) is 28.0 Å². The zero-order valence-corrected chi connectivity index (χ0v) is 21.3. The minimum Gasteiger partial charge on any atom is -0.489 e. The zero-order chi connectivity index (χ0) is 26.1. The third kappa shape index (κ3) is 4.95. The van der Waals surface area contributed by atoms with Gasteiger partial charge in [0, 0.05) is 39.0 Å². The second-order valence-electron chi connectivity index (χ2n) is 9.16. The molecule has 0 N–H and O–H groups in total. The molecule has 6 rings (SSSR count). The van der Waals surface area contributed by atoms with E-state index in [9.17, 15) is 8.78 Å². The molecule has 2 saturated heterocycles. The zero-order valence-electron chi connectivity index (χ0n) is 20.5. The van der Waals surface area contributed by atoms with E-state index in [0.29, 0.717) is 73.1 Å². The van der Waals surface area contributed by atoms with Crippen molar-refractivity contribution in [2.45, 2.75) is 25.4 Å². The van der Waals surface area contributed by atoms with E-state index in [-0.39, 0.29) is 12.1 Å². The molecule has 0 unspecified atom stereocenters. The summed E-state index contributed by atoms with van der Waals surface area (Å²) in [7, 11) is 0. The lowest BCUT2D eigenvalue weighted by molar-refractivity contribution is 0.122. The van der Waals surface area contributed by atoms with Crippen molar-refractivity contribution < 1.29 is 18.3 Å². The average molecular weight is 542 g/mol. The number of rotatable bonds is 6. The van der Waals surface area contributed by atoms with Gasteiger partial charge in [0.05, 0.1) is 29.3 Å². The van der Waals surface area contributed by atoms with Gasteiger partial charge in [0.25, 0.3) is 6.43 Å². The van der Waals surface area contributed by atoms with Gasteiger partial charge in [-0.3, -0.25) is 4.57 Å². The van der Waals surface area contributed by atoms with Gasteiger partial charge in [0.15, 0.2) is 5.82 Å². The van der Waals surface area contributed by atoms with Gasteiger partial charge in [-0.05, 0) is 24.3 Å². The Morgan fingerprint density at radius 3 is 2.16 bits per heavy atom. The Kier molecular flexibility index (Phi) is 6.94. The Labute approximate surface area is 223 Å². The number of aromatic nitrogens is 5. The first-order valence-corrected chi connectivity index (χ1v) is 13.0. The van der Waals surface area contributed by atoms with Crippen LogP contribution in [0.3, 0.4) is 0 Å². The Balaban J connectivity index is 1.33. The molecule has 0 bridgehead atoms. The fourth-order valence-corrected chi connectivity index (χ4v) is 4.96. The molecule has 4 aromatic rings. The Morgan fingerprint density at radius 1 is 0.816 bits per heavy atom. The van der Waals surface area contributed by atoms with Crippen LogP contribution >= 0.6 is 11.6 Å². The van der Waals surface area contributed by atoms with E-state index in [2.05, 4.69) is 15.0 Å². The SMILES string of the molecule is FC(F)c1nc2ccccc2n1-c1nc(N2CCOCC2)nc(N2CCC(Oc3ccccc3Cl)CC2)n1. The molecule has 0 aliphatic carbocycles. The number of imidazole rings is 1. The van der Waals surface area contributed by atoms with Crippen LogP contribution in [0.5, 0.6) is 5.75 Å². The van der Waals surface area contributed by atoms with Gasteiger partial charge in [0.1, 0.15) is 11.9 Å². The summed E-state index contributed by atoms with van der Waals surface area (Å²) in [5, 5.41) is 0.578. The molecule has 0 atom stereocenters. The van der Waals surface area contributed by atoms with Crippen molar-refractivity contribution >= 4 is 34.5 Å². The van der Waals surface area contributed by atoms with E-state index in [1.165, 1.54) is 4.57 Å². The largest absolute Gasteiger partial charge is 0.489 e. The standard InChI is InChI=1S/C26H26ClF2N7O2/c27-18-5-1-4-8-21(18)38-17-9-11-34(12-10-17)24-31-25(35-13-15-37-16-14-35)33-26(32-24)36-20-7-3-2-6-19(20)30-23(36)22(28)29/h1-8,17,22H,9-16H2. The van der Waals surface area contributed by atoms with Crippen LogP contribution in [0, 0.1) is 0 Å². The summed E-state index contributed by atoms with van der Waals surface area (Å²) in [5.41, 5.74) is 0.968. The van der Waals surface area contributed by atoms with Crippen LogP contribution < -0.4 is 14.5 Å². The molecule has 2 fully saturated rings. The first-order chi connectivity index (χ1) is 18.6. The lowest BCUT2D eigenvalue weighted by Crippen LogP contribution is -2.41. The Hall–Kier alpha value is -3.57. The molecule has 12 heteroatoms. The minimum atomic E-state index is -2.80. The number of nitrogens with zero attached hydrogens (tertiary/aromatic N) is 7. The molecule has 2 aliphatic heterocycles. The summed E-state index contributed by atoms with van der Waals surface area (Å²) in [6.45, 7) is 3.54. The normalized spacial score (nSPS) is 16.9. The van der Waals surface area contributed by atoms with E-state index in [4.69, 9.17) is 26.1 Å². The minimum absolute atomic E-state index is 0.00537. The second-order valence-corrected chi connectivity index (χ2v) is 9.57. The molecular formula is C26H26ClF2N7O2. The molecule has 0 saturated carbocycles. The first kappa shape index (κ1) is 24.7. The fraction of sp³-hybridized carbons (Fsp3) is 0.385. The van der Waals surface area contributed by atoms with Crippen molar-refractivity contribution in [1.82, 2.24) is 24.5 Å². The van der Waals surface area contributed by atoms with Crippen molar-refractivity contribution in [3.05, 3.63) is 59.4 Å². The maximum Gasteiger partial charge on any atom is 0.296 e. The van der Waals surface area contributed by atoms with Crippen LogP contribution in [-0.2, 0) is 4.74 Å². The highest BCUT2D eigenvalue weighted by Gasteiger charge is 2.28. The summed E-state index contributed by atoms with van der Waals surface area (Å²) in [6, 6.07) is 14.4. The number of fused-ring (bicyclic) bond motifs is 1. The molecule has 0 radical (unpaired) electrons. The summed E-state index contributed by atoms with van der Waals surface area (Å²) in [5.74, 6) is 1.25. The Morgan fingerprint density at radius 2 is 1.45 bits per heavy atom. The molecule has 198 valence electrons. The molecule has 2 aliphatic rings. The highest BCUT2D eigenvalue weighted by molar-refractivity contribution is 6.32. The quantitative estimate of drug-likeness (QED) is 0.348. The molecule has 0 spiro atoms. The summed E-state index contributed by atoms with van der Waals surface area (Å²) >= 11 is 6.27. The summed E-state index contributed by atoms with van der Waals surface area (Å²) in [6.07, 6.45) is -1.34. The van der Waals surface area contributed by atoms with E-state index in [1.54, 1.807) is 30.3 Å². The number of halogens is 3. The smallest absolute Gasteiger partial charge is 0.296 e. The number of para-hydroxylation sites is 3. The van der Waals surface area contributed by atoms with E-state index < -0.39 is 12.2 Å². The van der Waals surface area contributed by atoms with E-state index >= 15 is 0 Å². The predicted octanol–water partition coefficient (Wildman–Crippen LogP) is 4.69. The number of hydrogen-bond acceptors (Lipinski definition) is 8. The van der Waals surface area contributed by atoms with Crippen LogP contribution in [0.1, 0.15) is 25.1 Å². The third-order valence-corrected chi connectivity index (χ3v) is 7.04. The summed E-state index contributed by atoms with van der Waals surface area (Å²) in [4.78, 5) is 22.3. The van der Waals surface area contributed by atoms with E-state index in [0.717, 1.165) is 12.8 Å². The van der Waals surface area contributed by atoms with Crippen LogP contribution in [0.2, 0.25) is 5.02 Å². The molecule has 2 aromatic heterocycles. The molecule has 4 heterocycles. The molecule has 38 heavy (non-hydrogen) atoms. The first-order valence-electron chi connectivity index (χ1n) is 12.6. The highest BCUT2D eigenvalue weighted by Crippen LogP contribution is 2.30. The van der Waals surface area contributed by atoms with Gasteiger partial charge in [0.2, 0.25) is 17.8 Å². The number of anilines is 2. The summed E-state index contributed by atoms with van der Waals surface area (Å²) < 4.78 is 41.1. The van der Waals surface area contributed by atoms with Gasteiger partial charge in [-0.1, -0.05) is 35.9 Å². The average Bonchev–Trinajstić information content (AvgIpc) is 3.35.